The summed E-state index contributed by atoms with van der Waals surface area (Å²) in [4.78, 5) is 0. The Labute approximate surface area is 60.1 Å². The van der Waals surface area contributed by atoms with E-state index in [0.29, 0.717) is 10.5 Å². The van der Waals surface area contributed by atoms with Gasteiger partial charge in [-0.1, -0.05) is 13.0 Å². The van der Waals surface area contributed by atoms with Gasteiger partial charge < -0.3 is 0 Å². The third kappa shape index (κ3) is 1.23. The average Bonchev–Trinajstić information content (AvgIpc) is 2.42. The Kier molecular flexibility index (Phi) is 1.93. The second-order valence-electron chi connectivity index (χ2n) is 2.04. The first-order valence-electron chi connectivity index (χ1n) is 2.72. The molecule has 1 aliphatic heterocycles. The number of hydrogen-bond acceptors (Lipinski definition) is 2. The molecule has 0 saturated carbocycles. The van der Waals surface area contributed by atoms with Gasteiger partial charge in [-0.05, 0) is 0 Å². The zero-order valence-electron chi connectivity index (χ0n) is 4.87. The van der Waals surface area contributed by atoms with Gasteiger partial charge in [0.1, 0.15) is 0 Å². The fourth-order valence-corrected chi connectivity index (χ4v) is 2.18. The highest BCUT2D eigenvalue weighted by Gasteiger charge is 2.38. The lowest BCUT2D eigenvalue weighted by Gasteiger charge is -1.94. The second kappa shape index (κ2) is 2.36. The molecule has 1 saturated heterocycles. The van der Waals surface area contributed by atoms with E-state index in [1.54, 1.807) is 0 Å². The van der Waals surface area contributed by atoms with Crippen LogP contribution in [0.15, 0.2) is 12.7 Å². The average molecular weight is 146 g/mol. The molecule has 0 radical (unpaired) electrons. The maximum atomic E-state index is 4.30. The molecule has 0 aliphatic carbocycles. The highest BCUT2D eigenvalue weighted by molar-refractivity contribution is 8.08. The molecule has 0 amide bonds. The van der Waals surface area contributed by atoms with Crippen LogP contribution in [0.2, 0.25) is 0 Å². The molecule has 2 heteroatoms. The van der Waals surface area contributed by atoms with Crippen LogP contribution in [0, 0.1) is 0 Å². The van der Waals surface area contributed by atoms with E-state index in [-0.39, 0.29) is 0 Å². The highest BCUT2D eigenvalue weighted by Crippen LogP contribution is 2.45. The lowest BCUT2D eigenvalue weighted by atomic mass is 10.2. The van der Waals surface area contributed by atoms with Crippen molar-refractivity contribution in [2.75, 3.05) is 0 Å². The van der Waals surface area contributed by atoms with Crippen molar-refractivity contribution in [3.05, 3.63) is 12.7 Å². The summed E-state index contributed by atoms with van der Waals surface area (Å²) in [7, 11) is 0. The lowest BCUT2D eigenvalue weighted by molar-refractivity contribution is 0.957. The molecule has 0 bridgehead atoms. The monoisotopic (exact) mass is 146 g/mol. The molecule has 1 rings (SSSR count). The Hall–Kier alpha value is 0.440. The fourth-order valence-electron chi connectivity index (χ4n) is 0.714. The summed E-state index contributed by atoms with van der Waals surface area (Å²) >= 11 is 6.25. The standard InChI is InChI=1S/C6H10S2/c1-3-5-6(8-5)4(2)7/h3-7H,1H2,2H3. The van der Waals surface area contributed by atoms with Crippen LogP contribution in [0.4, 0.5) is 0 Å². The van der Waals surface area contributed by atoms with Gasteiger partial charge in [-0.2, -0.15) is 12.6 Å². The SMILES string of the molecule is C=CC1SC1C(C)S. The first-order chi connectivity index (χ1) is 3.75. The molecular weight excluding hydrogens is 136 g/mol. The molecule has 3 atom stereocenters. The van der Waals surface area contributed by atoms with E-state index < -0.39 is 0 Å². The Morgan fingerprint density at radius 3 is 2.62 bits per heavy atom. The summed E-state index contributed by atoms with van der Waals surface area (Å²) < 4.78 is 0. The Bertz CT molecular complexity index is 98.7. The summed E-state index contributed by atoms with van der Waals surface area (Å²) in [5, 5.41) is 1.97. The normalized spacial score (nSPS) is 38.8. The smallest absolute Gasteiger partial charge is 0.0358 e. The molecule has 1 fully saturated rings. The number of thiol groups is 1. The lowest BCUT2D eigenvalue weighted by Crippen LogP contribution is -2.02. The fraction of sp³-hybridized carbons (Fsp3) is 0.667. The van der Waals surface area contributed by atoms with Crippen molar-refractivity contribution in [1.29, 1.82) is 0 Å². The van der Waals surface area contributed by atoms with Crippen LogP contribution in [-0.4, -0.2) is 15.7 Å². The van der Waals surface area contributed by atoms with Crippen molar-refractivity contribution in [3.63, 3.8) is 0 Å². The van der Waals surface area contributed by atoms with Crippen molar-refractivity contribution in [2.24, 2.45) is 0 Å². The van der Waals surface area contributed by atoms with E-state index in [2.05, 4.69) is 26.1 Å². The zero-order chi connectivity index (χ0) is 6.15. The van der Waals surface area contributed by atoms with E-state index in [0.717, 1.165) is 5.25 Å². The molecule has 0 spiro atoms. The van der Waals surface area contributed by atoms with Crippen molar-refractivity contribution in [1.82, 2.24) is 0 Å². The molecular formula is C6H10S2. The van der Waals surface area contributed by atoms with Crippen LogP contribution in [0.3, 0.4) is 0 Å². The van der Waals surface area contributed by atoms with E-state index in [1.807, 2.05) is 17.8 Å². The third-order valence-corrected chi connectivity index (χ3v) is 3.29. The summed E-state index contributed by atoms with van der Waals surface area (Å²) in [5.74, 6) is 0. The van der Waals surface area contributed by atoms with Crippen LogP contribution in [-0.2, 0) is 0 Å². The predicted molar refractivity (Wildman–Crippen MR) is 43.8 cm³/mol. The van der Waals surface area contributed by atoms with Crippen molar-refractivity contribution < 1.29 is 0 Å². The van der Waals surface area contributed by atoms with Gasteiger partial charge in [-0.15, -0.1) is 18.3 Å². The minimum atomic E-state index is 0.531. The van der Waals surface area contributed by atoms with Gasteiger partial charge in [0.2, 0.25) is 0 Å². The topological polar surface area (TPSA) is 0 Å². The molecule has 0 aromatic heterocycles. The number of hydrogen-bond donors (Lipinski definition) is 1. The van der Waals surface area contributed by atoms with Crippen LogP contribution >= 0.6 is 24.4 Å². The summed E-state index contributed by atoms with van der Waals surface area (Å²) in [6, 6.07) is 0. The third-order valence-electron chi connectivity index (χ3n) is 1.27. The second-order valence-corrected chi connectivity index (χ2v) is 4.22. The number of rotatable bonds is 2. The molecule has 46 valence electrons. The molecule has 8 heavy (non-hydrogen) atoms. The number of thioether (sulfide) groups is 1. The van der Waals surface area contributed by atoms with E-state index in [1.165, 1.54) is 0 Å². The molecule has 0 aromatic rings. The van der Waals surface area contributed by atoms with E-state index in [4.69, 9.17) is 0 Å². The minimum Gasteiger partial charge on any atom is -0.175 e. The van der Waals surface area contributed by atoms with E-state index in [9.17, 15) is 0 Å². The molecule has 1 heterocycles. The first kappa shape index (κ1) is 6.56. The van der Waals surface area contributed by atoms with Gasteiger partial charge in [0.15, 0.2) is 0 Å². The summed E-state index contributed by atoms with van der Waals surface area (Å²) in [6.45, 7) is 5.83. The Balaban J connectivity index is 2.26. The summed E-state index contributed by atoms with van der Waals surface area (Å²) in [5.41, 5.74) is 0. The van der Waals surface area contributed by atoms with E-state index >= 15 is 0 Å². The summed E-state index contributed by atoms with van der Waals surface area (Å²) in [6.07, 6.45) is 2.00. The largest absolute Gasteiger partial charge is 0.175 e. The van der Waals surface area contributed by atoms with Gasteiger partial charge in [0.05, 0.1) is 0 Å². The van der Waals surface area contributed by atoms with Gasteiger partial charge in [-0.3, -0.25) is 0 Å². The van der Waals surface area contributed by atoms with Crippen LogP contribution in [0.25, 0.3) is 0 Å². The Morgan fingerprint density at radius 1 is 1.88 bits per heavy atom. The minimum absolute atomic E-state index is 0.531. The highest BCUT2D eigenvalue weighted by atomic mass is 32.2. The van der Waals surface area contributed by atoms with Crippen LogP contribution in [0.5, 0.6) is 0 Å². The van der Waals surface area contributed by atoms with Crippen molar-refractivity contribution in [3.8, 4) is 0 Å². The predicted octanol–water partition coefficient (Wildman–Crippen LogP) is 1.97. The Morgan fingerprint density at radius 2 is 2.50 bits per heavy atom. The first-order valence-corrected chi connectivity index (χ1v) is 4.17. The quantitative estimate of drug-likeness (QED) is 0.353. The molecule has 0 nitrogen and oxygen atoms in total. The molecule has 0 aromatic carbocycles. The van der Waals surface area contributed by atoms with Crippen molar-refractivity contribution in [2.45, 2.75) is 22.7 Å². The maximum absolute atomic E-state index is 4.30. The zero-order valence-corrected chi connectivity index (χ0v) is 6.58. The maximum Gasteiger partial charge on any atom is 0.0358 e. The molecule has 0 N–H and O–H groups in total. The van der Waals surface area contributed by atoms with Gasteiger partial charge in [0, 0.05) is 15.7 Å². The van der Waals surface area contributed by atoms with Crippen LogP contribution < -0.4 is 0 Å². The van der Waals surface area contributed by atoms with Gasteiger partial charge in [0.25, 0.3) is 0 Å². The van der Waals surface area contributed by atoms with Gasteiger partial charge in [-0.25, -0.2) is 0 Å². The molecule has 3 unspecified atom stereocenters. The van der Waals surface area contributed by atoms with Crippen LogP contribution in [0.1, 0.15) is 6.92 Å². The molecule has 1 aliphatic rings. The van der Waals surface area contributed by atoms with Crippen molar-refractivity contribution >= 4 is 24.4 Å². The van der Waals surface area contributed by atoms with Gasteiger partial charge >= 0.3 is 0 Å².